The first-order valence-corrected chi connectivity index (χ1v) is 17.3. The van der Waals surface area contributed by atoms with Crippen LogP contribution in [0.3, 0.4) is 0 Å². The Morgan fingerprint density at radius 2 is 1.61 bits per heavy atom. The molecule has 3 aromatic carbocycles. The van der Waals surface area contributed by atoms with E-state index in [1.807, 2.05) is 23.1 Å². The molecule has 2 aliphatic heterocycles. The van der Waals surface area contributed by atoms with Crippen molar-refractivity contribution in [3.05, 3.63) is 77.9 Å². The molecular weight excluding hydrogens is 598 g/mol. The summed E-state index contributed by atoms with van der Waals surface area (Å²) in [5, 5.41) is 1.24. The molecule has 2 saturated heterocycles. The van der Waals surface area contributed by atoms with Crippen LogP contribution in [0.4, 0.5) is 0 Å². The molecule has 3 heterocycles. The van der Waals surface area contributed by atoms with Gasteiger partial charge in [0, 0.05) is 35.5 Å². The van der Waals surface area contributed by atoms with Gasteiger partial charge < -0.3 is 24.8 Å². The summed E-state index contributed by atoms with van der Waals surface area (Å²) in [7, 11) is 0. The number of nitrogens with zero attached hydrogens (tertiary/aromatic N) is 2. The molecule has 4 aromatic rings. The normalized spacial score (nSPS) is 15.1. The Hall–Kier alpha value is -4.08. The lowest BCUT2D eigenvalue weighted by atomic mass is 9.98. The summed E-state index contributed by atoms with van der Waals surface area (Å²) < 4.78 is 19.6. The van der Waals surface area contributed by atoms with E-state index in [1.165, 1.54) is 38.9 Å². The average Bonchev–Trinajstić information content (AvgIpc) is 3.82. The van der Waals surface area contributed by atoms with Crippen molar-refractivity contribution in [3.63, 3.8) is 0 Å². The van der Waals surface area contributed by atoms with Crippen molar-refractivity contribution in [2.24, 2.45) is 5.73 Å². The number of thiophene rings is 1. The number of primary amides is 1. The number of ether oxygens (including phenoxy) is 3. The van der Waals surface area contributed by atoms with Crippen LogP contribution in [0.1, 0.15) is 49.7 Å². The summed E-state index contributed by atoms with van der Waals surface area (Å²) in [6.07, 6.45) is 5.70. The first-order valence-electron chi connectivity index (χ1n) is 16.4. The maximum atomic E-state index is 11.9. The minimum Gasteiger partial charge on any atom is -0.492 e. The van der Waals surface area contributed by atoms with Crippen molar-refractivity contribution in [2.45, 2.75) is 44.9 Å². The maximum Gasteiger partial charge on any atom is 0.222 e. The van der Waals surface area contributed by atoms with Crippen molar-refractivity contribution in [3.8, 4) is 27.7 Å². The molecule has 46 heavy (non-hydrogen) atoms. The molecule has 0 atom stereocenters. The topological polar surface area (TPSA) is 94.3 Å². The highest BCUT2D eigenvalue weighted by Gasteiger charge is 2.20. The van der Waals surface area contributed by atoms with Gasteiger partial charge in [0.25, 0.3) is 0 Å². The zero-order chi connectivity index (χ0) is 31.7. The Morgan fingerprint density at radius 1 is 0.826 bits per heavy atom. The second-order valence-electron chi connectivity index (χ2n) is 12.0. The van der Waals surface area contributed by atoms with Crippen LogP contribution in [-0.4, -0.2) is 74.2 Å². The molecule has 8 nitrogen and oxygen atoms in total. The van der Waals surface area contributed by atoms with Crippen LogP contribution in [0.25, 0.3) is 20.5 Å². The highest BCUT2D eigenvalue weighted by molar-refractivity contribution is 7.22. The van der Waals surface area contributed by atoms with Crippen LogP contribution in [0.2, 0.25) is 0 Å². The molecule has 2 N–H and O–H groups in total. The standard InChI is InChI=1S/C37H43N3O5S/c38-35(41)9-6-22-44-33-26-28(13-16-32(33)45-23-20-39-17-3-4-18-39)37-31(30-7-1-2-8-34(30)46-37)25-27-11-14-29(15-12-27)43-24-21-40-19-5-10-36(40)42/h1-2,7-8,11-16,26H,3-6,9-10,17-25H2,(H2,38,41). The predicted molar refractivity (Wildman–Crippen MR) is 183 cm³/mol. The van der Waals surface area contributed by atoms with Gasteiger partial charge >= 0.3 is 0 Å². The molecule has 0 spiro atoms. The van der Waals surface area contributed by atoms with Crippen LogP contribution in [0.15, 0.2) is 66.7 Å². The summed E-state index contributed by atoms with van der Waals surface area (Å²) in [5.74, 6) is 2.11. The van der Waals surface area contributed by atoms with Gasteiger partial charge in [-0.2, -0.15) is 0 Å². The summed E-state index contributed by atoms with van der Waals surface area (Å²) in [4.78, 5) is 28.7. The fourth-order valence-electron chi connectivity index (χ4n) is 6.23. The molecule has 0 aliphatic carbocycles. The highest BCUT2D eigenvalue weighted by Crippen LogP contribution is 2.42. The Bertz CT molecular complexity index is 1630. The third-order valence-corrected chi connectivity index (χ3v) is 9.96. The molecule has 0 unspecified atom stereocenters. The van der Waals surface area contributed by atoms with Gasteiger partial charge in [-0.15, -0.1) is 11.3 Å². The lowest BCUT2D eigenvalue weighted by Crippen LogP contribution is -2.29. The van der Waals surface area contributed by atoms with E-state index in [4.69, 9.17) is 19.9 Å². The van der Waals surface area contributed by atoms with Gasteiger partial charge in [-0.05, 0) is 104 Å². The smallest absolute Gasteiger partial charge is 0.222 e. The SMILES string of the molecule is NC(=O)CCCOc1cc(-c2sc3ccccc3c2Cc2ccc(OCCN3CCCC3=O)cc2)ccc1OCCN1CCCC1. The van der Waals surface area contributed by atoms with Crippen molar-refractivity contribution >= 4 is 33.2 Å². The maximum absolute atomic E-state index is 11.9. The summed E-state index contributed by atoms with van der Waals surface area (Å²) in [6.45, 7) is 6.09. The number of rotatable bonds is 16. The summed E-state index contributed by atoms with van der Waals surface area (Å²) >= 11 is 1.78. The van der Waals surface area contributed by atoms with Crippen molar-refractivity contribution in [2.75, 3.05) is 52.5 Å². The molecule has 242 valence electrons. The monoisotopic (exact) mass is 641 g/mol. The van der Waals surface area contributed by atoms with Crippen LogP contribution >= 0.6 is 11.3 Å². The van der Waals surface area contributed by atoms with Crippen LogP contribution in [-0.2, 0) is 16.0 Å². The van der Waals surface area contributed by atoms with E-state index in [0.29, 0.717) is 45.0 Å². The zero-order valence-electron chi connectivity index (χ0n) is 26.4. The zero-order valence-corrected chi connectivity index (χ0v) is 27.2. The molecule has 0 bridgehead atoms. The molecule has 0 saturated carbocycles. The molecule has 1 aromatic heterocycles. The van der Waals surface area contributed by atoms with Gasteiger partial charge in [0.15, 0.2) is 11.5 Å². The number of amides is 2. The number of carbonyl (C=O) groups excluding carboxylic acids is 2. The second-order valence-corrected chi connectivity index (χ2v) is 13.1. The molecular formula is C37H43N3O5S. The first kappa shape index (κ1) is 31.9. The van der Waals surface area contributed by atoms with Crippen molar-refractivity contribution < 1.29 is 23.8 Å². The van der Waals surface area contributed by atoms with Gasteiger partial charge in [-0.25, -0.2) is 0 Å². The molecule has 9 heteroatoms. The lowest BCUT2D eigenvalue weighted by molar-refractivity contribution is -0.128. The third kappa shape index (κ3) is 8.19. The van der Waals surface area contributed by atoms with E-state index < -0.39 is 0 Å². The molecule has 6 rings (SSSR count). The number of hydrogen-bond acceptors (Lipinski definition) is 7. The van der Waals surface area contributed by atoms with E-state index in [1.54, 1.807) is 11.3 Å². The minimum absolute atomic E-state index is 0.221. The van der Waals surface area contributed by atoms with Crippen LogP contribution in [0.5, 0.6) is 17.2 Å². The van der Waals surface area contributed by atoms with Crippen molar-refractivity contribution in [1.29, 1.82) is 0 Å². The Balaban J connectivity index is 1.19. The number of carbonyl (C=O) groups is 2. The second kappa shape index (κ2) is 15.5. The summed E-state index contributed by atoms with van der Waals surface area (Å²) in [5.41, 5.74) is 8.89. The molecule has 2 fully saturated rings. The summed E-state index contributed by atoms with van der Waals surface area (Å²) in [6, 6.07) is 23.0. The van der Waals surface area contributed by atoms with Crippen LogP contribution < -0.4 is 19.9 Å². The number of benzene rings is 3. The van der Waals surface area contributed by atoms with E-state index in [9.17, 15) is 9.59 Å². The largest absolute Gasteiger partial charge is 0.492 e. The van der Waals surface area contributed by atoms with Gasteiger partial charge in [0.2, 0.25) is 11.8 Å². The molecule has 0 radical (unpaired) electrons. The van der Waals surface area contributed by atoms with E-state index in [-0.39, 0.29) is 18.2 Å². The first-order chi connectivity index (χ1) is 22.5. The predicted octanol–water partition coefficient (Wildman–Crippen LogP) is 6.28. The Kier molecular flexibility index (Phi) is 10.7. The van der Waals surface area contributed by atoms with E-state index >= 15 is 0 Å². The van der Waals surface area contributed by atoms with E-state index in [0.717, 1.165) is 56.1 Å². The van der Waals surface area contributed by atoms with Crippen molar-refractivity contribution in [1.82, 2.24) is 9.80 Å². The number of likely N-dealkylation sites (tertiary alicyclic amines) is 2. The number of hydrogen-bond donors (Lipinski definition) is 1. The fraction of sp³-hybridized carbons (Fsp3) is 0.405. The van der Waals surface area contributed by atoms with E-state index in [2.05, 4.69) is 53.4 Å². The average molecular weight is 642 g/mol. The quantitative estimate of drug-likeness (QED) is 0.145. The van der Waals surface area contributed by atoms with Gasteiger partial charge in [0.05, 0.1) is 13.2 Å². The van der Waals surface area contributed by atoms with Gasteiger partial charge in [0.1, 0.15) is 19.0 Å². The number of fused-ring (bicyclic) bond motifs is 1. The Labute approximate surface area is 275 Å². The van der Waals surface area contributed by atoms with Crippen LogP contribution in [0, 0.1) is 0 Å². The highest BCUT2D eigenvalue weighted by atomic mass is 32.1. The lowest BCUT2D eigenvalue weighted by Gasteiger charge is -2.17. The molecule has 2 amide bonds. The molecule has 2 aliphatic rings. The van der Waals surface area contributed by atoms with Gasteiger partial charge in [-0.3, -0.25) is 14.5 Å². The Morgan fingerprint density at radius 3 is 2.39 bits per heavy atom. The third-order valence-electron chi connectivity index (χ3n) is 8.70. The van der Waals surface area contributed by atoms with Gasteiger partial charge in [-0.1, -0.05) is 30.3 Å². The fourth-order valence-corrected chi connectivity index (χ4v) is 7.45. The number of nitrogens with two attached hydrogens (primary N) is 1. The minimum atomic E-state index is -0.326.